The number of rotatable bonds is 1. The molecule has 5 rings (SSSR count). The molecule has 1 N–H and O–H groups in total. The third-order valence-corrected chi connectivity index (χ3v) is 13.5. The summed E-state index contributed by atoms with van der Waals surface area (Å²) in [7, 11) is 0. The van der Waals surface area contributed by atoms with E-state index in [1.54, 1.807) is 0 Å². The molecule has 1 nitrogen and oxygen atoms in total. The quantitative estimate of drug-likeness (QED) is 0.421. The molecule has 0 unspecified atom stereocenters. The summed E-state index contributed by atoms with van der Waals surface area (Å²) in [5, 5.41) is 10.9. The smallest absolute Gasteiger partial charge is 0.0594 e. The highest BCUT2D eigenvalue weighted by Crippen LogP contribution is 2.77. The predicted molar refractivity (Wildman–Crippen MR) is 131 cm³/mol. The Bertz CT molecular complexity index is 766. The van der Waals surface area contributed by atoms with E-state index in [0.717, 1.165) is 30.1 Å². The van der Waals surface area contributed by atoms with Crippen molar-refractivity contribution in [2.45, 2.75) is 119 Å². The summed E-state index contributed by atoms with van der Waals surface area (Å²) < 4.78 is 0. The summed E-state index contributed by atoms with van der Waals surface area (Å²) in [6.45, 7) is 22.3. The van der Waals surface area contributed by atoms with Crippen molar-refractivity contribution in [3.05, 3.63) is 12.2 Å². The van der Waals surface area contributed by atoms with E-state index in [0.29, 0.717) is 27.6 Å². The summed E-state index contributed by atoms with van der Waals surface area (Å²) in [5.74, 6) is 3.98. The summed E-state index contributed by atoms with van der Waals surface area (Å²) in [5.41, 5.74) is 3.38. The van der Waals surface area contributed by atoms with Gasteiger partial charge in [-0.25, -0.2) is 0 Å². The van der Waals surface area contributed by atoms with E-state index in [2.05, 4.69) is 55.0 Å². The lowest BCUT2D eigenvalue weighted by atomic mass is 9.32. The first-order chi connectivity index (χ1) is 14.3. The predicted octanol–water partition coefficient (Wildman–Crippen LogP) is 8.02. The molecule has 0 heterocycles. The molecule has 5 fully saturated rings. The Labute approximate surface area is 192 Å². The number of hydrogen-bond acceptors (Lipinski definition) is 1. The van der Waals surface area contributed by atoms with Gasteiger partial charge in [-0.1, -0.05) is 53.7 Å². The topological polar surface area (TPSA) is 20.2 Å². The maximum absolute atomic E-state index is 10.9. The van der Waals surface area contributed by atoms with Crippen LogP contribution in [0.2, 0.25) is 0 Å². The number of hydrogen-bond donors (Lipinski definition) is 1. The van der Waals surface area contributed by atoms with Crippen molar-refractivity contribution in [3.63, 3.8) is 0 Å². The molecule has 0 aromatic carbocycles. The van der Waals surface area contributed by atoms with Crippen LogP contribution in [0.15, 0.2) is 12.2 Å². The lowest BCUT2D eigenvalue weighted by molar-refractivity contribution is -0.246. The van der Waals surface area contributed by atoms with Crippen LogP contribution >= 0.6 is 0 Å². The second kappa shape index (κ2) is 6.64. The molecule has 1 heteroatoms. The van der Waals surface area contributed by atoms with E-state index < -0.39 is 0 Å². The van der Waals surface area contributed by atoms with Crippen LogP contribution in [0.5, 0.6) is 0 Å². The standard InChI is InChI=1S/C30H50O/c1-19(2)20-11-14-27(5)17-18-29(7)21(25(20)27)9-10-23-28(6)15-13-24(31)26(3,4)22(28)12-16-30(23,29)8/h20-25,31H,1,9-18H2,2-8H3/t20-,21+,22+,23+,24-,25-,27+,28+,29+,30+/m0/s1. The first-order valence-electron chi connectivity index (χ1n) is 13.6. The Hall–Kier alpha value is -0.300. The molecule has 5 saturated carbocycles. The Kier molecular flexibility index (Phi) is 4.82. The highest BCUT2D eigenvalue weighted by molar-refractivity contribution is 5.21. The van der Waals surface area contributed by atoms with Crippen LogP contribution in [0, 0.1) is 56.7 Å². The van der Waals surface area contributed by atoms with Gasteiger partial charge in [0, 0.05) is 0 Å². The normalized spacial score (nSPS) is 57.9. The van der Waals surface area contributed by atoms with Crippen LogP contribution in [0.25, 0.3) is 0 Å². The van der Waals surface area contributed by atoms with Gasteiger partial charge in [-0.2, -0.15) is 0 Å². The van der Waals surface area contributed by atoms with Gasteiger partial charge in [0.05, 0.1) is 6.10 Å². The maximum Gasteiger partial charge on any atom is 0.0594 e. The molecule has 0 spiro atoms. The Morgan fingerprint density at radius 2 is 1.45 bits per heavy atom. The molecule has 0 saturated heterocycles. The fourth-order valence-electron chi connectivity index (χ4n) is 11.5. The third kappa shape index (κ3) is 2.65. The second-order valence-electron chi connectivity index (χ2n) is 14.7. The summed E-state index contributed by atoms with van der Waals surface area (Å²) in [6, 6.07) is 0. The zero-order chi connectivity index (χ0) is 22.6. The minimum absolute atomic E-state index is 0.0632. The van der Waals surface area contributed by atoms with Gasteiger partial charge in [0.2, 0.25) is 0 Å². The van der Waals surface area contributed by atoms with E-state index in [1.807, 2.05) is 0 Å². The third-order valence-electron chi connectivity index (χ3n) is 13.5. The van der Waals surface area contributed by atoms with E-state index in [4.69, 9.17) is 0 Å². The van der Waals surface area contributed by atoms with Gasteiger partial charge in [0.1, 0.15) is 0 Å². The number of aliphatic hydroxyl groups is 1. The molecular formula is C30H50O. The van der Waals surface area contributed by atoms with E-state index >= 15 is 0 Å². The molecular weight excluding hydrogens is 376 g/mol. The van der Waals surface area contributed by atoms with Crippen molar-refractivity contribution >= 4 is 0 Å². The Balaban J connectivity index is 1.54. The van der Waals surface area contributed by atoms with Crippen LogP contribution in [0.1, 0.15) is 113 Å². The van der Waals surface area contributed by atoms with Gasteiger partial charge in [-0.3, -0.25) is 0 Å². The molecule has 0 aliphatic heterocycles. The van der Waals surface area contributed by atoms with Crippen LogP contribution in [-0.2, 0) is 0 Å². The SMILES string of the molecule is C=C(C)[C@@H]1CC[C@]2(C)CC[C@]3(C)[C@H](CC[C@@H]4[C@]5(C)CC[C@H](O)C(C)(C)[C@H]5CC[C@]43C)[C@H]12. The molecule has 5 aliphatic rings. The van der Waals surface area contributed by atoms with Gasteiger partial charge in [0.25, 0.3) is 0 Å². The van der Waals surface area contributed by atoms with Gasteiger partial charge in [-0.05, 0) is 128 Å². The zero-order valence-electron chi connectivity index (χ0n) is 21.7. The van der Waals surface area contributed by atoms with Crippen molar-refractivity contribution in [2.24, 2.45) is 56.7 Å². The first kappa shape index (κ1) is 22.5. The molecule has 0 aromatic rings. The second-order valence-corrected chi connectivity index (χ2v) is 14.7. The largest absolute Gasteiger partial charge is 0.393 e. The lowest BCUT2D eigenvalue weighted by Gasteiger charge is -2.73. The molecule has 0 aromatic heterocycles. The molecule has 5 aliphatic carbocycles. The summed E-state index contributed by atoms with van der Waals surface area (Å²) >= 11 is 0. The molecule has 0 bridgehead atoms. The summed E-state index contributed by atoms with van der Waals surface area (Å²) in [4.78, 5) is 0. The average Bonchev–Trinajstić information content (AvgIpc) is 3.04. The van der Waals surface area contributed by atoms with Crippen molar-refractivity contribution in [2.75, 3.05) is 0 Å². The Morgan fingerprint density at radius 3 is 2.13 bits per heavy atom. The van der Waals surface area contributed by atoms with Crippen LogP contribution in [0.3, 0.4) is 0 Å². The van der Waals surface area contributed by atoms with Gasteiger partial charge in [0.15, 0.2) is 0 Å². The summed E-state index contributed by atoms with van der Waals surface area (Å²) in [6.07, 6.45) is 13.4. The molecule has 10 atom stereocenters. The fraction of sp³-hybridized carbons (Fsp3) is 0.933. The minimum Gasteiger partial charge on any atom is -0.393 e. The minimum atomic E-state index is -0.118. The van der Waals surface area contributed by atoms with Crippen molar-refractivity contribution < 1.29 is 5.11 Å². The van der Waals surface area contributed by atoms with Crippen molar-refractivity contribution in [1.29, 1.82) is 0 Å². The first-order valence-corrected chi connectivity index (χ1v) is 13.6. The molecule has 176 valence electrons. The maximum atomic E-state index is 10.9. The average molecular weight is 427 g/mol. The van der Waals surface area contributed by atoms with E-state index in [9.17, 15) is 5.11 Å². The number of fused-ring (bicyclic) bond motifs is 7. The van der Waals surface area contributed by atoms with Gasteiger partial charge >= 0.3 is 0 Å². The highest BCUT2D eigenvalue weighted by atomic mass is 16.3. The molecule has 0 radical (unpaired) electrons. The van der Waals surface area contributed by atoms with Crippen LogP contribution in [0.4, 0.5) is 0 Å². The van der Waals surface area contributed by atoms with Crippen LogP contribution < -0.4 is 0 Å². The molecule has 31 heavy (non-hydrogen) atoms. The van der Waals surface area contributed by atoms with E-state index in [-0.39, 0.29) is 11.5 Å². The van der Waals surface area contributed by atoms with Crippen molar-refractivity contribution in [3.8, 4) is 0 Å². The monoisotopic (exact) mass is 426 g/mol. The van der Waals surface area contributed by atoms with Gasteiger partial charge in [-0.15, -0.1) is 0 Å². The number of allylic oxidation sites excluding steroid dienone is 1. The zero-order valence-corrected chi connectivity index (χ0v) is 21.7. The van der Waals surface area contributed by atoms with E-state index in [1.165, 1.54) is 63.4 Å². The lowest BCUT2D eigenvalue weighted by Crippen LogP contribution is -2.66. The molecule has 0 amide bonds. The fourth-order valence-corrected chi connectivity index (χ4v) is 11.5. The number of aliphatic hydroxyl groups excluding tert-OH is 1. The van der Waals surface area contributed by atoms with Crippen LogP contribution in [-0.4, -0.2) is 11.2 Å². The highest BCUT2D eigenvalue weighted by Gasteiger charge is 2.70. The Morgan fingerprint density at radius 1 is 0.742 bits per heavy atom. The van der Waals surface area contributed by atoms with Crippen molar-refractivity contribution in [1.82, 2.24) is 0 Å². The van der Waals surface area contributed by atoms with Gasteiger partial charge < -0.3 is 5.11 Å².